The summed E-state index contributed by atoms with van der Waals surface area (Å²) in [7, 11) is -2.71. The van der Waals surface area contributed by atoms with Crippen LogP contribution in [0, 0.1) is 5.92 Å². The van der Waals surface area contributed by atoms with Crippen LogP contribution in [-0.4, -0.2) is 122 Å². The summed E-state index contributed by atoms with van der Waals surface area (Å²) in [6.45, 7) is 2.63. The molecule has 3 N–H and O–H groups in total. The topological polar surface area (TPSA) is 192 Å². The summed E-state index contributed by atoms with van der Waals surface area (Å²) < 4.78 is 32.8. The average molecular weight is 711 g/mol. The number of morpholine rings is 1. The van der Waals surface area contributed by atoms with E-state index in [1.54, 1.807) is 30.3 Å². The van der Waals surface area contributed by atoms with Gasteiger partial charge in [-0.05, 0) is 30.0 Å². The second-order valence-electron chi connectivity index (χ2n) is 13.1. The number of carbonyl (C=O) groups is 6. The summed E-state index contributed by atoms with van der Waals surface area (Å²) >= 11 is 0. The van der Waals surface area contributed by atoms with Crippen molar-refractivity contribution >= 4 is 45.5 Å². The molecule has 268 valence electrons. The van der Waals surface area contributed by atoms with Gasteiger partial charge in [-0.1, -0.05) is 56.3 Å². The molecular formula is C34H42N6O9S. The Balaban J connectivity index is 1.38. The normalized spacial score (nSPS) is 24.6. The van der Waals surface area contributed by atoms with Crippen LogP contribution in [0.1, 0.15) is 42.6 Å². The van der Waals surface area contributed by atoms with E-state index in [1.807, 2.05) is 19.9 Å². The maximum Gasteiger partial charge on any atom is 0.269 e. The van der Waals surface area contributed by atoms with Gasteiger partial charge in [-0.15, -0.1) is 0 Å². The standard InChI is InChI=1S/C34H42N6O9S/c1-21(2)15-25-31(43)35-17-23-18-39(30(42)13-14-40-33(45)24-11-7-8-12-28(24)50(40,47)48)19-27(49-23)32(44)37-26(16-22-9-5-4-6-10-22)34(46)38(3)20-29(41)36-25/h4-12,21,23,25-27H,13-20H2,1-3H3,(H,35,43)(H,36,41)(H,37,44)/t23-,25+,26-,27-/m1/s1. The molecule has 3 aliphatic rings. The molecule has 2 saturated heterocycles. The monoisotopic (exact) mass is 710 g/mol. The lowest BCUT2D eigenvalue weighted by molar-refractivity contribution is -0.157. The smallest absolute Gasteiger partial charge is 0.269 e. The number of rotatable bonds is 7. The van der Waals surface area contributed by atoms with E-state index in [-0.39, 0.29) is 55.4 Å². The SMILES string of the molecule is CC(C)C[C@@H]1NC(=O)CN(C)C(=O)[C@@H](Cc2ccccc2)NC(=O)[C@H]2CN(C(=O)CCN3C(=O)c4ccccc4S3(=O)=O)C[C@@H](CNC1=O)O2. The van der Waals surface area contributed by atoms with E-state index in [0.29, 0.717) is 10.7 Å². The van der Waals surface area contributed by atoms with Gasteiger partial charge in [0.2, 0.25) is 23.6 Å². The number of nitrogens with zero attached hydrogens (tertiary/aromatic N) is 3. The first kappa shape index (κ1) is 36.5. The lowest BCUT2D eigenvalue weighted by Crippen LogP contribution is -2.59. The van der Waals surface area contributed by atoms with Crippen molar-refractivity contribution in [2.24, 2.45) is 5.92 Å². The van der Waals surface area contributed by atoms with Crippen LogP contribution in [0.3, 0.4) is 0 Å². The highest BCUT2D eigenvalue weighted by Crippen LogP contribution is 2.30. The molecule has 3 aliphatic heterocycles. The van der Waals surface area contributed by atoms with Crippen LogP contribution in [0.25, 0.3) is 0 Å². The fourth-order valence-electron chi connectivity index (χ4n) is 6.26. The third-order valence-electron chi connectivity index (χ3n) is 8.77. The predicted octanol–water partition coefficient (Wildman–Crippen LogP) is -0.336. The maximum absolute atomic E-state index is 13.8. The van der Waals surface area contributed by atoms with E-state index in [0.717, 1.165) is 5.56 Å². The lowest BCUT2D eigenvalue weighted by atomic mass is 10.0. The first-order chi connectivity index (χ1) is 23.7. The molecule has 0 aromatic heterocycles. The Morgan fingerprint density at radius 2 is 1.62 bits per heavy atom. The lowest BCUT2D eigenvalue weighted by Gasteiger charge is -2.38. The third-order valence-corrected chi connectivity index (χ3v) is 10.6. The van der Waals surface area contributed by atoms with Gasteiger partial charge in [-0.2, -0.15) is 0 Å². The second-order valence-corrected chi connectivity index (χ2v) is 14.9. The first-order valence-electron chi connectivity index (χ1n) is 16.5. The van der Waals surface area contributed by atoms with Gasteiger partial charge in [-0.3, -0.25) is 28.8 Å². The van der Waals surface area contributed by atoms with Crippen LogP contribution in [-0.2, 0) is 45.2 Å². The van der Waals surface area contributed by atoms with E-state index in [4.69, 9.17) is 4.74 Å². The minimum absolute atomic E-state index is 0.0278. The highest BCUT2D eigenvalue weighted by atomic mass is 32.2. The number of benzene rings is 2. The van der Waals surface area contributed by atoms with Gasteiger partial charge in [0, 0.05) is 39.5 Å². The minimum atomic E-state index is -4.14. The van der Waals surface area contributed by atoms with Crippen molar-refractivity contribution in [3.05, 3.63) is 65.7 Å². The fourth-order valence-corrected chi connectivity index (χ4v) is 7.83. The average Bonchev–Trinajstić information content (AvgIpc) is 3.28. The molecule has 4 atom stereocenters. The molecule has 3 heterocycles. The maximum atomic E-state index is 13.8. The van der Waals surface area contributed by atoms with E-state index >= 15 is 0 Å². The van der Waals surface area contributed by atoms with Gasteiger partial charge in [0.25, 0.3) is 21.8 Å². The quantitative estimate of drug-likeness (QED) is 0.345. The van der Waals surface area contributed by atoms with Crippen LogP contribution < -0.4 is 16.0 Å². The number of ether oxygens (including phenoxy) is 1. The van der Waals surface area contributed by atoms with Crippen LogP contribution in [0.15, 0.2) is 59.5 Å². The molecular weight excluding hydrogens is 668 g/mol. The zero-order valence-corrected chi connectivity index (χ0v) is 29.0. The van der Waals surface area contributed by atoms with Crippen molar-refractivity contribution in [2.45, 2.75) is 62.3 Å². The minimum Gasteiger partial charge on any atom is -0.360 e. The summed E-state index contributed by atoms with van der Waals surface area (Å²) in [5, 5.41) is 8.23. The van der Waals surface area contributed by atoms with Crippen molar-refractivity contribution < 1.29 is 41.9 Å². The number of sulfonamides is 1. The van der Waals surface area contributed by atoms with Gasteiger partial charge < -0.3 is 30.5 Å². The second kappa shape index (κ2) is 15.4. The van der Waals surface area contributed by atoms with Gasteiger partial charge in [0.05, 0.1) is 24.8 Å². The first-order valence-corrected chi connectivity index (χ1v) is 17.9. The molecule has 0 unspecified atom stereocenters. The number of likely N-dealkylation sites (N-methyl/N-ethyl adjacent to an activating group) is 1. The molecule has 0 spiro atoms. The van der Waals surface area contributed by atoms with E-state index in [2.05, 4.69) is 16.0 Å². The molecule has 0 radical (unpaired) electrons. The van der Waals surface area contributed by atoms with Gasteiger partial charge in [-0.25, -0.2) is 12.7 Å². The highest BCUT2D eigenvalue weighted by molar-refractivity contribution is 7.90. The Morgan fingerprint density at radius 1 is 0.920 bits per heavy atom. The van der Waals surface area contributed by atoms with Gasteiger partial charge in [0.15, 0.2) is 6.10 Å². The molecule has 50 heavy (non-hydrogen) atoms. The highest BCUT2D eigenvalue weighted by Gasteiger charge is 2.42. The number of hydrogen-bond donors (Lipinski definition) is 3. The Labute approximate surface area is 290 Å². The van der Waals surface area contributed by atoms with Crippen molar-refractivity contribution in [2.75, 3.05) is 39.8 Å². The number of nitrogens with one attached hydrogen (secondary N) is 3. The molecule has 2 bridgehead atoms. The van der Waals surface area contributed by atoms with Crippen molar-refractivity contribution in [1.82, 2.24) is 30.1 Å². The molecule has 2 aromatic rings. The molecule has 16 heteroatoms. The molecule has 0 aliphatic carbocycles. The van der Waals surface area contributed by atoms with Crippen LogP contribution >= 0.6 is 0 Å². The molecule has 0 saturated carbocycles. The summed E-state index contributed by atoms with van der Waals surface area (Å²) in [4.78, 5) is 82.6. The van der Waals surface area contributed by atoms with Crippen molar-refractivity contribution in [1.29, 1.82) is 0 Å². The zero-order chi connectivity index (χ0) is 36.2. The van der Waals surface area contributed by atoms with E-state index in [9.17, 15) is 37.2 Å². The van der Waals surface area contributed by atoms with E-state index < -0.39 is 76.3 Å². The Hall–Kier alpha value is -4.83. The number of carbonyl (C=O) groups excluding carboxylic acids is 6. The summed E-state index contributed by atoms with van der Waals surface area (Å²) in [6.07, 6.45) is -2.09. The molecule has 6 amide bonds. The van der Waals surface area contributed by atoms with Crippen LogP contribution in [0.2, 0.25) is 0 Å². The zero-order valence-electron chi connectivity index (χ0n) is 28.2. The van der Waals surface area contributed by atoms with Gasteiger partial charge >= 0.3 is 0 Å². The van der Waals surface area contributed by atoms with Crippen LogP contribution in [0.4, 0.5) is 0 Å². The Morgan fingerprint density at radius 3 is 2.32 bits per heavy atom. The van der Waals surface area contributed by atoms with E-state index in [1.165, 1.54) is 35.0 Å². The molecule has 2 fully saturated rings. The molecule has 15 nitrogen and oxygen atoms in total. The third kappa shape index (κ3) is 8.30. The van der Waals surface area contributed by atoms with Crippen molar-refractivity contribution in [3.63, 3.8) is 0 Å². The molecule has 2 aromatic carbocycles. The summed E-state index contributed by atoms with van der Waals surface area (Å²) in [6, 6.07) is 12.8. The number of fused-ring (bicyclic) bond motifs is 3. The summed E-state index contributed by atoms with van der Waals surface area (Å²) in [5.74, 6) is -3.51. The van der Waals surface area contributed by atoms with Gasteiger partial charge in [0.1, 0.15) is 17.0 Å². The largest absolute Gasteiger partial charge is 0.360 e. The van der Waals surface area contributed by atoms with Crippen LogP contribution in [0.5, 0.6) is 0 Å². The predicted molar refractivity (Wildman–Crippen MR) is 179 cm³/mol. The Bertz CT molecular complexity index is 1750. The number of amides is 6. The Kier molecular flexibility index (Phi) is 11.2. The fraction of sp³-hybridized carbons (Fsp3) is 0.471. The van der Waals surface area contributed by atoms with Crippen molar-refractivity contribution in [3.8, 4) is 0 Å². The molecule has 5 rings (SSSR count). The number of hydrogen-bond acceptors (Lipinski definition) is 9. The summed E-state index contributed by atoms with van der Waals surface area (Å²) in [5.41, 5.74) is 0.779.